The molecule has 1 aliphatic carbocycles. The van der Waals surface area contributed by atoms with E-state index in [0.29, 0.717) is 23.6 Å². The second-order valence-corrected chi connectivity index (χ2v) is 7.31. The highest BCUT2D eigenvalue weighted by Crippen LogP contribution is 2.27. The fraction of sp³-hybridized carbons (Fsp3) is 0.538. The van der Waals surface area contributed by atoms with Crippen LogP contribution in [0, 0.1) is 6.92 Å². The van der Waals surface area contributed by atoms with Crippen molar-refractivity contribution in [1.82, 2.24) is 0 Å². The number of aliphatic hydroxyl groups is 1. The van der Waals surface area contributed by atoms with Crippen LogP contribution in [0.25, 0.3) is 0 Å². The Labute approximate surface area is 118 Å². The van der Waals surface area contributed by atoms with Gasteiger partial charge in [-0.1, -0.05) is 30.5 Å². The highest BCUT2D eigenvalue weighted by Gasteiger charge is 2.34. The molecule has 1 saturated carbocycles. The lowest BCUT2D eigenvalue weighted by Crippen LogP contribution is -2.40. The number of hydrogen-bond donors (Lipinski definition) is 2. The van der Waals surface area contributed by atoms with Crippen LogP contribution in [-0.4, -0.2) is 24.9 Å². The van der Waals surface area contributed by atoms with Crippen molar-refractivity contribution >= 4 is 27.3 Å². The first-order valence-corrected chi connectivity index (χ1v) is 8.28. The van der Waals surface area contributed by atoms with Crippen LogP contribution >= 0.6 is 11.6 Å². The third-order valence-corrected chi connectivity index (χ3v) is 5.77. The summed E-state index contributed by atoms with van der Waals surface area (Å²) in [5.41, 5.74) is 1.33. The van der Waals surface area contributed by atoms with Gasteiger partial charge in [0, 0.05) is 10.7 Å². The Kier molecular flexibility index (Phi) is 4.38. The van der Waals surface area contributed by atoms with Gasteiger partial charge >= 0.3 is 0 Å². The lowest BCUT2D eigenvalue weighted by molar-refractivity contribution is 0.133. The van der Waals surface area contributed by atoms with Crippen molar-refractivity contribution in [2.75, 3.05) is 4.72 Å². The quantitative estimate of drug-likeness (QED) is 0.902. The molecule has 2 rings (SSSR count). The van der Waals surface area contributed by atoms with Crippen LogP contribution in [-0.2, 0) is 10.0 Å². The minimum absolute atomic E-state index is 0.438. The smallest absolute Gasteiger partial charge is 0.238 e. The van der Waals surface area contributed by atoms with E-state index in [1.165, 1.54) is 0 Å². The van der Waals surface area contributed by atoms with Crippen LogP contribution in [0.2, 0.25) is 5.02 Å². The van der Waals surface area contributed by atoms with Gasteiger partial charge in [0.05, 0.1) is 6.10 Å². The van der Waals surface area contributed by atoms with Gasteiger partial charge in [-0.25, -0.2) is 8.42 Å². The molecule has 1 fully saturated rings. The molecule has 0 heterocycles. The van der Waals surface area contributed by atoms with Crippen molar-refractivity contribution in [1.29, 1.82) is 0 Å². The number of sulfonamides is 1. The van der Waals surface area contributed by atoms with Crippen molar-refractivity contribution in [3.8, 4) is 0 Å². The van der Waals surface area contributed by atoms with Crippen LogP contribution in [0.3, 0.4) is 0 Å². The summed E-state index contributed by atoms with van der Waals surface area (Å²) in [5, 5.41) is 9.62. The Bertz CT molecular complexity index is 559. The van der Waals surface area contributed by atoms with E-state index < -0.39 is 21.4 Å². The molecule has 0 spiro atoms. The van der Waals surface area contributed by atoms with Gasteiger partial charge < -0.3 is 5.11 Å². The molecule has 0 radical (unpaired) electrons. The summed E-state index contributed by atoms with van der Waals surface area (Å²) in [7, 11) is -3.57. The molecule has 106 valence electrons. The lowest BCUT2D eigenvalue weighted by Gasteiger charge is -2.27. The molecule has 6 heteroatoms. The third-order valence-electron chi connectivity index (χ3n) is 3.50. The highest BCUT2D eigenvalue weighted by molar-refractivity contribution is 7.93. The van der Waals surface area contributed by atoms with Gasteiger partial charge in [0.2, 0.25) is 10.0 Å². The molecular formula is C13H18ClNO3S. The molecule has 19 heavy (non-hydrogen) atoms. The van der Waals surface area contributed by atoms with E-state index in [-0.39, 0.29) is 0 Å². The van der Waals surface area contributed by atoms with Crippen LogP contribution < -0.4 is 4.72 Å². The summed E-state index contributed by atoms with van der Waals surface area (Å²) in [6.07, 6.45) is 1.96. The average Bonchev–Trinajstić information content (AvgIpc) is 2.34. The Morgan fingerprint density at radius 1 is 1.32 bits per heavy atom. The molecule has 1 aromatic carbocycles. The number of rotatable bonds is 3. The molecule has 2 atom stereocenters. The summed E-state index contributed by atoms with van der Waals surface area (Å²) < 4.78 is 27.0. The fourth-order valence-corrected chi connectivity index (χ4v) is 4.15. The van der Waals surface area contributed by atoms with Gasteiger partial charge in [-0.2, -0.15) is 0 Å². The zero-order valence-corrected chi connectivity index (χ0v) is 12.3. The second kappa shape index (κ2) is 5.69. The lowest BCUT2D eigenvalue weighted by atomic mass is 9.97. The topological polar surface area (TPSA) is 66.4 Å². The van der Waals surface area contributed by atoms with E-state index >= 15 is 0 Å². The molecule has 0 aromatic heterocycles. The number of benzene rings is 1. The zero-order chi connectivity index (χ0) is 14.0. The predicted molar refractivity (Wildman–Crippen MR) is 77.0 cm³/mol. The monoisotopic (exact) mass is 303 g/mol. The van der Waals surface area contributed by atoms with E-state index in [9.17, 15) is 13.5 Å². The molecule has 4 nitrogen and oxygen atoms in total. The SMILES string of the molecule is Cc1ccc(NS(=O)(=O)C2CCCCC2O)cc1Cl. The Hall–Kier alpha value is -0.780. The van der Waals surface area contributed by atoms with Crippen LogP contribution in [0.4, 0.5) is 5.69 Å². The Morgan fingerprint density at radius 2 is 2.00 bits per heavy atom. The number of anilines is 1. The first kappa shape index (κ1) is 14.6. The summed E-state index contributed by atoms with van der Waals surface area (Å²) >= 11 is 5.97. The van der Waals surface area contributed by atoms with E-state index in [4.69, 9.17) is 11.6 Å². The summed E-state index contributed by atoms with van der Waals surface area (Å²) in [6, 6.07) is 5.02. The van der Waals surface area contributed by atoms with Crippen LogP contribution in [0.1, 0.15) is 31.2 Å². The van der Waals surface area contributed by atoms with E-state index in [0.717, 1.165) is 18.4 Å². The van der Waals surface area contributed by atoms with Crippen molar-refractivity contribution in [3.05, 3.63) is 28.8 Å². The van der Waals surface area contributed by atoms with Crippen LogP contribution in [0.15, 0.2) is 18.2 Å². The van der Waals surface area contributed by atoms with Gasteiger partial charge in [0.25, 0.3) is 0 Å². The first-order chi connectivity index (χ1) is 8.90. The van der Waals surface area contributed by atoms with E-state index in [1.54, 1.807) is 18.2 Å². The maximum atomic E-state index is 12.2. The number of aryl methyl sites for hydroxylation is 1. The first-order valence-electron chi connectivity index (χ1n) is 6.36. The van der Waals surface area contributed by atoms with Gasteiger partial charge in [0.1, 0.15) is 5.25 Å². The molecule has 0 saturated heterocycles. The van der Waals surface area contributed by atoms with Gasteiger partial charge in [-0.05, 0) is 37.5 Å². The fourth-order valence-electron chi connectivity index (χ4n) is 2.34. The van der Waals surface area contributed by atoms with Crippen molar-refractivity contribution < 1.29 is 13.5 Å². The number of hydrogen-bond acceptors (Lipinski definition) is 3. The molecule has 0 bridgehead atoms. The van der Waals surface area contributed by atoms with Gasteiger partial charge in [-0.3, -0.25) is 4.72 Å². The highest BCUT2D eigenvalue weighted by atomic mass is 35.5. The number of nitrogens with one attached hydrogen (secondary N) is 1. The summed E-state index contributed by atoms with van der Waals surface area (Å²) in [4.78, 5) is 0. The summed E-state index contributed by atoms with van der Waals surface area (Å²) in [6.45, 7) is 1.85. The number of aliphatic hydroxyl groups excluding tert-OH is 1. The largest absolute Gasteiger partial charge is 0.392 e. The van der Waals surface area contributed by atoms with Crippen LogP contribution in [0.5, 0.6) is 0 Å². The standard InChI is InChI=1S/C13H18ClNO3S/c1-9-6-7-10(8-11(9)14)15-19(17,18)13-5-3-2-4-12(13)16/h6-8,12-13,15-16H,2-5H2,1H3. The molecule has 0 aliphatic heterocycles. The van der Waals surface area contributed by atoms with Gasteiger partial charge in [-0.15, -0.1) is 0 Å². The maximum absolute atomic E-state index is 12.2. The number of halogens is 1. The van der Waals surface area contributed by atoms with Crippen molar-refractivity contribution in [3.63, 3.8) is 0 Å². The Balaban J connectivity index is 2.18. The molecule has 1 aliphatic rings. The maximum Gasteiger partial charge on any atom is 0.238 e. The van der Waals surface area contributed by atoms with Crippen molar-refractivity contribution in [2.24, 2.45) is 0 Å². The molecular weight excluding hydrogens is 286 g/mol. The Morgan fingerprint density at radius 3 is 2.63 bits per heavy atom. The van der Waals surface area contributed by atoms with Crippen molar-refractivity contribution in [2.45, 2.75) is 44.0 Å². The average molecular weight is 304 g/mol. The molecule has 1 aromatic rings. The van der Waals surface area contributed by atoms with E-state index in [1.807, 2.05) is 6.92 Å². The van der Waals surface area contributed by atoms with E-state index in [2.05, 4.69) is 4.72 Å². The van der Waals surface area contributed by atoms with Gasteiger partial charge in [0.15, 0.2) is 0 Å². The second-order valence-electron chi connectivity index (χ2n) is 5.00. The minimum atomic E-state index is -3.57. The predicted octanol–water partition coefficient (Wildman–Crippen LogP) is 2.69. The normalized spacial score (nSPS) is 24.2. The summed E-state index contributed by atoms with van der Waals surface area (Å²) in [5.74, 6) is 0. The molecule has 2 unspecified atom stereocenters. The minimum Gasteiger partial charge on any atom is -0.392 e. The zero-order valence-electron chi connectivity index (χ0n) is 10.8. The third kappa shape index (κ3) is 3.41. The molecule has 0 amide bonds. The molecule has 2 N–H and O–H groups in total.